The number of carbonyl (C=O) groups is 3. The van der Waals surface area contributed by atoms with Gasteiger partial charge in [-0.25, -0.2) is 9.78 Å². The van der Waals surface area contributed by atoms with E-state index in [1.165, 1.54) is 4.90 Å². The zero-order valence-corrected chi connectivity index (χ0v) is 15.7. The van der Waals surface area contributed by atoms with E-state index in [0.717, 1.165) is 6.42 Å². The van der Waals surface area contributed by atoms with Gasteiger partial charge in [-0.3, -0.25) is 14.5 Å². The molecule has 27 heavy (non-hydrogen) atoms. The number of aromatic nitrogens is 1. The Morgan fingerprint density at radius 1 is 1.37 bits per heavy atom. The van der Waals surface area contributed by atoms with Gasteiger partial charge in [0, 0.05) is 12.2 Å². The van der Waals surface area contributed by atoms with E-state index in [2.05, 4.69) is 10.3 Å². The van der Waals surface area contributed by atoms with Gasteiger partial charge in [-0.15, -0.1) is 0 Å². The molecular formula is C19H26N4O4. The van der Waals surface area contributed by atoms with Crippen LogP contribution in [0.3, 0.4) is 0 Å². The van der Waals surface area contributed by atoms with Crippen LogP contribution in [0.1, 0.15) is 56.3 Å². The highest BCUT2D eigenvalue weighted by atomic mass is 16.5. The molecule has 3 N–H and O–H groups in total. The monoisotopic (exact) mass is 374 g/mol. The van der Waals surface area contributed by atoms with Crippen molar-refractivity contribution in [2.45, 2.75) is 64.1 Å². The summed E-state index contributed by atoms with van der Waals surface area (Å²) in [6.07, 6.45) is 4.92. The molecule has 2 aliphatic rings. The van der Waals surface area contributed by atoms with Crippen LogP contribution in [0.15, 0.2) is 18.3 Å². The summed E-state index contributed by atoms with van der Waals surface area (Å²) in [6.45, 7) is 3.98. The number of urea groups is 1. The number of nitrogens with one attached hydrogen (secondary N) is 1. The van der Waals surface area contributed by atoms with Crippen molar-refractivity contribution in [1.29, 1.82) is 0 Å². The molecule has 0 spiro atoms. The first-order valence-electron chi connectivity index (χ1n) is 9.47. The Balaban J connectivity index is 1.60. The summed E-state index contributed by atoms with van der Waals surface area (Å²) in [4.78, 5) is 41.9. The van der Waals surface area contributed by atoms with Gasteiger partial charge in [0.15, 0.2) is 0 Å². The van der Waals surface area contributed by atoms with Crippen LogP contribution in [0, 0.1) is 5.92 Å². The molecule has 1 aromatic rings. The van der Waals surface area contributed by atoms with Crippen molar-refractivity contribution in [2.75, 3.05) is 0 Å². The summed E-state index contributed by atoms with van der Waals surface area (Å²) < 4.78 is 5.87. The van der Waals surface area contributed by atoms with E-state index < -0.39 is 11.9 Å². The van der Waals surface area contributed by atoms with E-state index in [0.29, 0.717) is 25.7 Å². The maximum atomic E-state index is 12.7. The molecule has 8 heteroatoms. The van der Waals surface area contributed by atoms with E-state index in [-0.39, 0.29) is 41.4 Å². The highest BCUT2D eigenvalue weighted by Crippen LogP contribution is 2.30. The highest BCUT2D eigenvalue weighted by Gasteiger charge is 2.44. The van der Waals surface area contributed by atoms with Crippen molar-refractivity contribution in [2.24, 2.45) is 11.7 Å². The van der Waals surface area contributed by atoms with Gasteiger partial charge in [0.25, 0.3) is 11.8 Å². The Kier molecular flexibility index (Phi) is 5.62. The molecule has 0 radical (unpaired) electrons. The second-order valence-electron chi connectivity index (χ2n) is 7.29. The van der Waals surface area contributed by atoms with E-state index in [9.17, 15) is 14.4 Å². The minimum atomic E-state index is -0.581. The zero-order chi connectivity index (χ0) is 19.6. The van der Waals surface area contributed by atoms with E-state index in [4.69, 9.17) is 10.5 Å². The summed E-state index contributed by atoms with van der Waals surface area (Å²) in [5.74, 6) is -0.357. The molecule has 1 saturated heterocycles. The Morgan fingerprint density at radius 2 is 2.07 bits per heavy atom. The molecule has 0 aromatic carbocycles. The Bertz CT molecular complexity index is 730. The molecule has 0 unspecified atom stereocenters. The van der Waals surface area contributed by atoms with Crippen molar-refractivity contribution in [1.82, 2.24) is 15.2 Å². The lowest BCUT2D eigenvalue weighted by Gasteiger charge is -2.33. The fraction of sp³-hybridized carbons (Fsp3) is 0.579. The number of primary amides is 1. The molecule has 1 aliphatic heterocycles. The third-order valence-corrected chi connectivity index (χ3v) is 5.54. The zero-order valence-electron chi connectivity index (χ0n) is 15.7. The minimum absolute atomic E-state index is 0.113. The predicted octanol–water partition coefficient (Wildman–Crippen LogP) is 1.84. The average molecular weight is 374 g/mol. The van der Waals surface area contributed by atoms with Gasteiger partial charge < -0.3 is 15.8 Å². The van der Waals surface area contributed by atoms with E-state index >= 15 is 0 Å². The largest absolute Gasteiger partial charge is 0.474 e. The smallest absolute Gasteiger partial charge is 0.325 e. The molecule has 3 rings (SSSR count). The molecule has 146 valence electrons. The molecule has 8 nitrogen and oxygen atoms in total. The van der Waals surface area contributed by atoms with Crippen LogP contribution in [0.25, 0.3) is 0 Å². The molecule has 2 fully saturated rings. The van der Waals surface area contributed by atoms with Crippen LogP contribution in [0.4, 0.5) is 4.79 Å². The Hall–Kier alpha value is -2.64. The van der Waals surface area contributed by atoms with Crippen LogP contribution in [0.2, 0.25) is 0 Å². The van der Waals surface area contributed by atoms with Crippen LogP contribution < -0.4 is 15.8 Å². The Labute approximate surface area is 158 Å². The number of carbonyl (C=O) groups excluding carboxylic acids is 3. The van der Waals surface area contributed by atoms with Crippen molar-refractivity contribution < 1.29 is 19.1 Å². The first-order chi connectivity index (χ1) is 12.9. The number of amides is 4. The SMILES string of the molecule is CC[C@H](C)[C@@H]1NC(=O)N([C@H]2CC[C@H](Oc3ncccc3C(N)=O)CC2)C1=O. The number of ether oxygens (including phenoxy) is 1. The lowest BCUT2D eigenvalue weighted by atomic mass is 9.91. The van der Waals surface area contributed by atoms with Crippen LogP contribution >= 0.6 is 0 Å². The van der Waals surface area contributed by atoms with Crippen LogP contribution in [-0.4, -0.2) is 45.9 Å². The molecule has 0 bridgehead atoms. The third-order valence-electron chi connectivity index (χ3n) is 5.54. The van der Waals surface area contributed by atoms with Gasteiger partial charge in [-0.1, -0.05) is 20.3 Å². The van der Waals surface area contributed by atoms with Crippen molar-refractivity contribution in [3.05, 3.63) is 23.9 Å². The molecule has 1 aliphatic carbocycles. The van der Waals surface area contributed by atoms with Crippen LogP contribution in [-0.2, 0) is 4.79 Å². The number of nitrogens with two attached hydrogens (primary N) is 1. The van der Waals surface area contributed by atoms with Crippen molar-refractivity contribution >= 4 is 17.8 Å². The Morgan fingerprint density at radius 3 is 2.70 bits per heavy atom. The van der Waals surface area contributed by atoms with Gasteiger partial charge in [-0.05, 0) is 43.7 Å². The first kappa shape index (κ1) is 19.1. The maximum absolute atomic E-state index is 12.7. The molecule has 1 saturated carbocycles. The summed E-state index contributed by atoms with van der Waals surface area (Å²) in [5, 5.41) is 2.82. The lowest BCUT2D eigenvalue weighted by Crippen LogP contribution is -2.44. The number of hydrogen-bond donors (Lipinski definition) is 2. The second kappa shape index (κ2) is 7.94. The van der Waals surface area contributed by atoms with Gasteiger partial charge in [0.05, 0.1) is 0 Å². The van der Waals surface area contributed by atoms with Crippen molar-refractivity contribution in [3.8, 4) is 5.88 Å². The quantitative estimate of drug-likeness (QED) is 0.737. The topological polar surface area (TPSA) is 115 Å². The number of hydrogen-bond acceptors (Lipinski definition) is 5. The summed E-state index contributed by atoms with van der Waals surface area (Å²) in [5.41, 5.74) is 5.61. The number of rotatable bonds is 6. The lowest BCUT2D eigenvalue weighted by molar-refractivity contribution is -0.130. The van der Waals surface area contributed by atoms with Gasteiger partial charge in [0.1, 0.15) is 17.7 Å². The minimum Gasteiger partial charge on any atom is -0.474 e. The number of imide groups is 1. The normalized spacial score (nSPS) is 26.6. The van der Waals surface area contributed by atoms with Gasteiger partial charge >= 0.3 is 6.03 Å². The molecule has 4 amide bonds. The highest BCUT2D eigenvalue weighted by molar-refractivity contribution is 6.04. The van der Waals surface area contributed by atoms with Crippen molar-refractivity contribution in [3.63, 3.8) is 0 Å². The van der Waals surface area contributed by atoms with E-state index in [1.54, 1.807) is 18.3 Å². The fourth-order valence-electron chi connectivity index (χ4n) is 3.73. The summed E-state index contributed by atoms with van der Waals surface area (Å²) in [7, 11) is 0. The fourth-order valence-corrected chi connectivity index (χ4v) is 3.73. The third kappa shape index (κ3) is 3.89. The molecule has 2 atom stereocenters. The standard InChI is InChI=1S/C19H26N4O4/c1-3-11(2)15-18(25)23(19(26)22-15)12-6-8-13(9-7-12)27-17-14(16(20)24)5-4-10-21-17/h4-5,10-13,15H,3,6-9H2,1-2H3,(H2,20,24)(H,22,26)/t11-,12-,13-,15-/m0/s1. The van der Waals surface area contributed by atoms with E-state index in [1.807, 2.05) is 13.8 Å². The predicted molar refractivity (Wildman–Crippen MR) is 98.0 cm³/mol. The first-order valence-corrected chi connectivity index (χ1v) is 9.47. The maximum Gasteiger partial charge on any atom is 0.325 e. The summed E-state index contributed by atoms with van der Waals surface area (Å²) in [6, 6.07) is 2.37. The number of pyridine rings is 1. The van der Waals surface area contributed by atoms with Crippen LogP contribution in [0.5, 0.6) is 5.88 Å². The number of nitrogens with zero attached hydrogens (tertiary/aromatic N) is 2. The van der Waals surface area contributed by atoms with Gasteiger partial charge in [0.2, 0.25) is 5.88 Å². The molecule has 1 aromatic heterocycles. The molecular weight excluding hydrogens is 348 g/mol. The average Bonchev–Trinajstić information content (AvgIpc) is 2.96. The molecule has 2 heterocycles. The second-order valence-corrected chi connectivity index (χ2v) is 7.29. The van der Waals surface area contributed by atoms with Gasteiger partial charge in [-0.2, -0.15) is 0 Å². The summed E-state index contributed by atoms with van der Waals surface area (Å²) >= 11 is 0.